The minimum Gasteiger partial charge on any atom is -0.444 e. The van der Waals surface area contributed by atoms with E-state index in [9.17, 15) is 0 Å². The maximum atomic E-state index is 5.91. The van der Waals surface area contributed by atoms with Gasteiger partial charge in [0.2, 0.25) is 5.89 Å². The number of morpholine rings is 1. The topological polar surface area (TPSA) is 80.7 Å². The van der Waals surface area contributed by atoms with E-state index in [4.69, 9.17) is 14.1 Å². The van der Waals surface area contributed by atoms with Crippen molar-refractivity contribution >= 4 is 29.9 Å². The lowest BCUT2D eigenvalue weighted by atomic mass is 10.1. The van der Waals surface area contributed by atoms with Crippen LogP contribution in [0.3, 0.4) is 0 Å². The van der Waals surface area contributed by atoms with Crippen LogP contribution in [0, 0.1) is 13.8 Å². The van der Waals surface area contributed by atoms with Crippen molar-refractivity contribution in [3.05, 3.63) is 35.3 Å². The van der Waals surface area contributed by atoms with Gasteiger partial charge in [-0.2, -0.15) is 5.10 Å². The lowest BCUT2D eigenvalue weighted by molar-refractivity contribution is -0.00806. The molecule has 0 radical (unpaired) electrons. The third kappa shape index (κ3) is 4.97. The van der Waals surface area contributed by atoms with E-state index in [1.807, 2.05) is 33.3 Å². The standard InChI is InChI=1S/C17H26N6O2.HI/c1-5-18-17(19-9-16-21-12(2)13(3)25-16)23-6-7-24-15(11-23)14-8-20-22(4)10-14;/h8,10,15H,5-7,9,11H2,1-4H3,(H,18,19);1H. The highest BCUT2D eigenvalue weighted by Gasteiger charge is 2.25. The quantitative estimate of drug-likeness (QED) is 0.416. The zero-order valence-electron chi connectivity index (χ0n) is 15.7. The first-order valence-corrected chi connectivity index (χ1v) is 8.63. The number of ether oxygens (including phenoxy) is 1. The van der Waals surface area contributed by atoms with Gasteiger partial charge < -0.3 is 19.4 Å². The molecule has 1 atom stereocenters. The van der Waals surface area contributed by atoms with Crippen LogP contribution in [0.1, 0.15) is 35.9 Å². The monoisotopic (exact) mass is 474 g/mol. The summed E-state index contributed by atoms with van der Waals surface area (Å²) in [7, 11) is 1.91. The molecule has 0 saturated carbocycles. The van der Waals surface area contributed by atoms with Gasteiger partial charge in [-0.1, -0.05) is 0 Å². The Bertz CT molecular complexity index is 722. The number of hydrogen-bond donors (Lipinski definition) is 1. The Labute approximate surface area is 171 Å². The molecule has 8 nitrogen and oxygen atoms in total. The Morgan fingerprint density at radius 3 is 2.85 bits per heavy atom. The first-order valence-electron chi connectivity index (χ1n) is 8.63. The summed E-state index contributed by atoms with van der Waals surface area (Å²) in [6.45, 7) is 9.34. The normalized spacial score (nSPS) is 17.9. The maximum absolute atomic E-state index is 5.91. The second-order valence-electron chi connectivity index (χ2n) is 6.17. The van der Waals surface area contributed by atoms with Crippen LogP contribution in [0.5, 0.6) is 0 Å². The zero-order chi connectivity index (χ0) is 17.8. The molecule has 9 heteroatoms. The molecule has 0 bridgehead atoms. The fourth-order valence-corrected chi connectivity index (χ4v) is 2.82. The predicted octanol–water partition coefficient (Wildman–Crippen LogP) is 2.18. The number of oxazole rings is 1. The van der Waals surface area contributed by atoms with Gasteiger partial charge in [0.25, 0.3) is 0 Å². The molecule has 2 aromatic heterocycles. The van der Waals surface area contributed by atoms with Crippen LogP contribution in [0.15, 0.2) is 21.8 Å². The SMILES string of the molecule is CCNC(=NCc1nc(C)c(C)o1)N1CCOC(c2cnn(C)c2)C1.I. The molecule has 3 heterocycles. The summed E-state index contributed by atoms with van der Waals surface area (Å²) >= 11 is 0. The van der Waals surface area contributed by atoms with E-state index in [0.29, 0.717) is 19.0 Å². The molecule has 3 rings (SSSR count). The average Bonchev–Trinajstić information content (AvgIpc) is 3.17. The van der Waals surface area contributed by atoms with E-state index in [1.165, 1.54) is 0 Å². The minimum atomic E-state index is -0.00228. The van der Waals surface area contributed by atoms with Crippen molar-refractivity contribution in [1.82, 2.24) is 25.0 Å². The highest BCUT2D eigenvalue weighted by Crippen LogP contribution is 2.21. The van der Waals surface area contributed by atoms with Crippen molar-refractivity contribution in [1.29, 1.82) is 0 Å². The Morgan fingerprint density at radius 2 is 2.23 bits per heavy atom. The van der Waals surface area contributed by atoms with Crippen LogP contribution in [0.2, 0.25) is 0 Å². The Hall–Kier alpha value is -1.62. The first-order chi connectivity index (χ1) is 12.1. The molecule has 2 aromatic rings. The van der Waals surface area contributed by atoms with Gasteiger partial charge in [0, 0.05) is 31.9 Å². The van der Waals surface area contributed by atoms with Gasteiger partial charge in [0.1, 0.15) is 18.4 Å². The van der Waals surface area contributed by atoms with Gasteiger partial charge in [-0.25, -0.2) is 9.98 Å². The smallest absolute Gasteiger partial charge is 0.216 e. The van der Waals surface area contributed by atoms with Crippen LogP contribution in [0.4, 0.5) is 0 Å². The van der Waals surface area contributed by atoms with Gasteiger partial charge in [0.05, 0.1) is 25.0 Å². The predicted molar refractivity (Wildman–Crippen MR) is 110 cm³/mol. The molecule has 0 spiro atoms. The number of halogens is 1. The summed E-state index contributed by atoms with van der Waals surface area (Å²) in [5, 5.41) is 7.59. The summed E-state index contributed by atoms with van der Waals surface area (Å²) in [6.07, 6.45) is 3.85. The largest absolute Gasteiger partial charge is 0.444 e. The second-order valence-corrected chi connectivity index (χ2v) is 6.17. The van der Waals surface area contributed by atoms with Gasteiger partial charge in [-0.3, -0.25) is 4.68 Å². The number of aliphatic imine (C=N–C) groups is 1. The number of aryl methyl sites for hydroxylation is 3. The van der Waals surface area contributed by atoms with E-state index in [0.717, 1.165) is 42.6 Å². The number of nitrogens with one attached hydrogen (secondary N) is 1. The third-order valence-electron chi connectivity index (χ3n) is 4.23. The van der Waals surface area contributed by atoms with Crippen molar-refractivity contribution in [2.24, 2.45) is 12.0 Å². The number of nitrogens with zero attached hydrogens (tertiary/aromatic N) is 5. The highest BCUT2D eigenvalue weighted by atomic mass is 127. The summed E-state index contributed by atoms with van der Waals surface area (Å²) in [6, 6.07) is 0. The van der Waals surface area contributed by atoms with Crippen LogP contribution < -0.4 is 5.32 Å². The van der Waals surface area contributed by atoms with Crippen molar-refractivity contribution in [3.63, 3.8) is 0 Å². The molecule has 0 aromatic carbocycles. The molecule has 26 heavy (non-hydrogen) atoms. The fraction of sp³-hybridized carbons (Fsp3) is 0.588. The van der Waals surface area contributed by atoms with Crippen molar-refractivity contribution in [2.75, 3.05) is 26.2 Å². The maximum Gasteiger partial charge on any atom is 0.216 e. The Balaban J connectivity index is 0.00000243. The summed E-state index contributed by atoms with van der Waals surface area (Å²) in [5.74, 6) is 2.34. The average molecular weight is 474 g/mol. The number of rotatable bonds is 4. The van der Waals surface area contributed by atoms with Gasteiger partial charge in [-0.15, -0.1) is 24.0 Å². The van der Waals surface area contributed by atoms with E-state index in [-0.39, 0.29) is 30.1 Å². The van der Waals surface area contributed by atoms with Crippen LogP contribution in [-0.2, 0) is 18.3 Å². The molecule has 1 N–H and O–H groups in total. The highest BCUT2D eigenvalue weighted by molar-refractivity contribution is 14.0. The van der Waals surface area contributed by atoms with E-state index in [2.05, 4.69) is 27.2 Å². The number of hydrogen-bond acceptors (Lipinski definition) is 5. The van der Waals surface area contributed by atoms with Crippen molar-refractivity contribution in [3.8, 4) is 0 Å². The van der Waals surface area contributed by atoms with Crippen LogP contribution in [0.25, 0.3) is 0 Å². The van der Waals surface area contributed by atoms with E-state index >= 15 is 0 Å². The molecule has 1 saturated heterocycles. The summed E-state index contributed by atoms with van der Waals surface area (Å²) < 4.78 is 13.3. The molecule has 144 valence electrons. The molecule has 1 unspecified atom stereocenters. The Kier molecular flexibility index (Phi) is 7.44. The first kappa shape index (κ1) is 20.7. The second kappa shape index (κ2) is 9.36. The molecule has 1 aliphatic rings. The van der Waals surface area contributed by atoms with Crippen LogP contribution in [-0.4, -0.2) is 51.9 Å². The lowest BCUT2D eigenvalue weighted by Gasteiger charge is -2.34. The van der Waals surface area contributed by atoms with Gasteiger partial charge >= 0.3 is 0 Å². The van der Waals surface area contributed by atoms with E-state index < -0.39 is 0 Å². The van der Waals surface area contributed by atoms with Crippen LogP contribution >= 0.6 is 24.0 Å². The lowest BCUT2D eigenvalue weighted by Crippen LogP contribution is -2.48. The van der Waals surface area contributed by atoms with Crippen molar-refractivity contribution in [2.45, 2.75) is 33.4 Å². The summed E-state index contributed by atoms with van der Waals surface area (Å²) in [4.78, 5) is 11.3. The minimum absolute atomic E-state index is 0. The molecular formula is C17H27IN6O2. The van der Waals surface area contributed by atoms with E-state index in [1.54, 1.807) is 4.68 Å². The Morgan fingerprint density at radius 1 is 1.42 bits per heavy atom. The van der Waals surface area contributed by atoms with Crippen molar-refractivity contribution < 1.29 is 9.15 Å². The molecule has 0 amide bonds. The molecule has 1 aliphatic heterocycles. The third-order valence-corrected chi connectivity index (χ3v) is 4.23. The van der Waals surface area contributed by atoms with Gasteiger partial charge in [0.15, 0.2) is 5.96 Å². The molecule has 0 aliphatic carbocycles. The number of guanidine groups is 1. The zero-order valence-corrected chi connectivity index (χ0v) is 18.1. The summed E-state index contributed by atoms with van der Waals surface area (Å²) in [5.41, 5.74) is 2.00. The molecular weight excluding hydrogens is 447 g/mol. The fourth-order valence-electron chi connectivity index (χ4n) is 2.82. The van der Waals surface area contributed by atoms with Gasteiger partial charge in [-0.05, 0) is 20.8 Å². The number of aromatic nitrogens is 3. The molecule has 1 fully saturated rings.